The van der Waals surface area contributed by atoms with Crippen molar-refractivity contribution < 1.29 is 9.53 Å². The molecule has 0 aliphatic carbocycles. The normalized spacial score (nSPS) is 11.3. The third-order valence-electron chi connectivity index (χ3n) is 0.867. The molecule has 2 heteroatoms. The van der Waals surface area contributed by atoms with E-state index in [1.54, 1.807) is 13.8 Å². The molecule has 54 valence electrons. The highest BCUT2D eigenvalue weighted by atomic mass is 16.5. The molecule has 0 fully saturated rings. The first-order valence-corrected chi connectivity index (χ1v) is 2.90. The number of hydrogen-bond acceptors (Lipinski definition) is 2. The lowest BCUT2D eigenvalue weighted by Gasteiger charge is -2.05. The molecular formula is C8H10O2. The Balaban J connectivity index is 3.83. The van der Waals surface area contributed by atoms with Gasteiger partial charge in [-0.05, 0) is 13.8 Å². The van der Waals surface area contributed by atoms with Crippen LogP contribution in [0.3, 0.4) is 0 Å². The van der Waals surface area contributed by atoms with Gasteiger partial charge in [0.25, 0.3) is 0 Å². The molecule has 0 aliphatic heterocycles. The summed E-state index contributed by atoms with van der Waals surface area (Å²) in [4.78, 5) is 10.7. The highest BCUT2D eigenvalue weighted by molar-refractivity contribution is 5.87. The van der Waals surface area contributed by atoms with Crippen LogP contribution in [0.2, 0.25) is 0 Å². The minimum atomic E-state index is -0.468. The zero-order valence-electron chi connectivity index (χ0n) is 6.18. The van der Waals surface area contributed by atoms with E-state index >= 15 is 0 Å². The van der Waals surface area contributed by atoms with Gasteiger partial charge in [0.2, 0.25) is 0 Å². The average Bonchev–Trinajstić information content (AvgIpc) is 1.87. The Bertz CT molecular complexity index is 186. The molecule has 0 N–H and O–H groups in total. The molecule has 1 atom stereocenters. The van der Waals surface area contributed by atoms with E-state index in [2.05, 4.69) is 17.2 Å². The molecule has 0 aromatic rings. The first kappa shape index (κ1) is 8.77. The Morgan fingerprint density at radius 1 is 1.80 bits per heavy atom. The SMILES string of the molecule is C#CC(C)OC(=O)C(=C)C. The molecule has 0 aliphatic rings. The van der Waals surface area contributed by atoms with Crippen molar-refractivity contribution in [3.63, 3.8) is 0 Å². The second-order valence-corrected chi connectivity index (χ2v) is 1.99. The van der Waals surface area contributed by atoms with Crippen molar-refractivity contribution in [1.82, 2.24) is 0 Å². The van der Waals surface area contributed by atoms with Crippen molar-refractivity contribution in [3.05, 3.63) is 12.2 Å². The average molecular weight is 138 g/mol. The monoisotopic (exact) mass is 138 g/mol. The largest absolute Gasteiger partial charge is 0.446 e. The van der Waals surface area contributed by atoms with E-state index < -0.39 is 12.1 Å². The summed E-state index contributed by atoms with van der Waals surface area (Å²) < 4.78 is 4.69. The lowest BCUT2D eigenvalue weighted by molar-refractivity contribution is -0.140. The van der Waals surface area contributed by atoms with E-state index in [4.69, 9.17) is 6.42 Å². The number of ether oxygens (including phenoxy) is 1. The highest BCUT2D eigenvalue weighted by Gasteiger charge is 2.05. The van der Waals surface area contributed by atoms with Gasteiger partial charge in [-0.25, -0.2) is 4.79 Å². The van der Waals surface area contributed by atoms with Gasteiger partial charge in [0.1, 0.15) is 0 Å². The maximum atomic E-state index is 10.7. The van der Waals surface area contributed by atoms with Gasteiger partial charge in [-0.15, -0.1) is 6.42 Å². The summed E-state index contributed by atoms with van der Waals surface area (Å²) in [6.45, 7) is 6.60. The minimum Gasteiger partial charge on any atom is -0.446 e. The van der Waals surface area contributed by atoms with Crippen molar-refractivity contribution in [3.8, 4) is 12.3 Å². The Kier molecular flexibility index (Phi) is 3.27. The fourth-order valence-corrected chi connectivity index (χ4v) is 0.295. The van der Waals surface area contributed by atoms with E-state index in [0.29, 0.717) is 5.57 Å². The highest BCUT2D eigenvalue weighted by Crippen LogP contribution is 1.95. The number of esters is 1. The van der Waals surface area contributed by atoms with Crippen molar-refractivity contribution >= 4 is 5.97 Å². The molecule has 1 unspecified atom stereocenters. The first-order chi connectivity index (χ1) is 4.57. The molecule has 10 heavy (non-hydrogen) atoms. The molecule has 0 aromatic heterocycles. The third kappa shape index (κ3) is 2.93. The summed E-state index contributed by atoms with van der Waals surface area (Å²) in [7, 11) is 0. The molecule has 0 saturated heterocycles. The molecule has 0 bridgehead atoms. The van der Waals surface area contributed by atoms with Gasteiger partial charge in [0.15, 0.2) is 6.10 Å². The minimum absolute atomic E-state index is 0.363. The fourth-order valence-electron chi connectivity index (χ4n) is 0.295. The molecule has 0 saturated carbocycles. The van der Waals surface area contributed by atoms with E-state index in [0.717, 1.165) is 0 Å². The summed E-state index contributed by atoms with van der Waals surface area (Å²) in [5.74, 6) is 1.83. The van der Waals surface area contributed by atoms with Crippen LogP contribution < -0.4 is 0 Å². The molecular weight excluding hydrogens is 128 g/mol. The maximum Gasteiger partial charge on any atom is 0.334 e. The van der Waals surface area contributed by atoms with Crippen molar-refractivity contribution in [1.29, 1.82) is 0 Å². The summed E-state index contributed by atoms with van der Waals surface area (Å²) in [6, 6.07) is 0. The lowest BCUT2D eigenvalue weighted by Crippen LogP contribution is -2.12. The van der Waals surface area contributed by atoms with E-state index in [-0.39, 0.29) is 0 Å². The van der Waals surface area contributed by atoms with Gasteiger partial charge in [-0.2, -0.15) is 0 Å². The smallest absolute Gasteiger partial charge is 0.334 e. The molecule has 0 aromatic carbocycles. The van der Waals surface area contributed by atoms with Gasteiger partial charge < -0.3 is 4.74 Å². The zero-order chi connectivity index (χ0) is 8.15. The van der Waals surface area contributed by atoms with Crippen LogP contribution in [0.15, 0.2) is 12.2 Å². The molecule has 0 amide bonds. The van der Waals surface area contributed by atoms with Crippen molar-refractivity contribution in [2.24, 2.45) is 0 Å². The second-order valence-electron chi connectivity index (χ2n) is 1.99. The number of carbonyl (C=O) groups excluding carboxylic acids is 1. The maximum absolute atomic E-state index is 10.7. The Morgan fingerprint density at radius 2 is 2.30 bits per heavy atom. The van der Waals surface area contributed by atoms with Crippen LogP contribution in [0.5, 0.6) is 0 Å². The van der Waals surface area contributed by atoms with E-state index in [9.17, 15) is 4.79 Å². The predicted molar refractivity (Wildman–Crippen MR) is 39.2 cm³/mol. The summed E-state index contributed by atoms with van der Waals surface area (Å²) in [5.41, 5.74) is 0.363. The van der Waals surface area contributed by atoms with Crippen LogP contribution in [0.1, 0.15) is 13.8 Å². The van der Waals surface area contributed by atoms with Gasteiger partial charge in [0.05, 0.1) is 0 Å². The lowest BCUT2D eigenvalue weighted by atomic mass is 10.3. The van der Waals surface area contributed by atoms with Crippen LogP contribution in [-0.2, 0) is 9.53 Å². The van der Waals surface area contributed by atoms with Gasteiger partial charge >= 0.3 is 5.97 Å². The summed E-state index contributed by atoms with van der Waals surface area (Å²) >= 11 is 0. The van der Waals surface area contributed by atoms with Gasteiger partial charge in [0, 0.05) is 5.57 Å². The Hall–Kier alpha value is -1.23. The second kappa shape index (κ2) is 3.73. The van der Waals surface area contributed by atoms with Gasteiger partial charge in [-0.1, -0.05) is 12.5 Å². The van der Waals surface area contributed by atoms with Crippen LogP contribution in [0, 0.1) is 12.3 Å². The standard InChI is InChI=1S/C8H10O2/c1-5-7(4)10-8(9)6(2)3/h1,7H,2H2,3-4H3. The Morgan fingerprint density at radius 3 is 2.60 bits per heavy atom. The van der Waals surface area contributed by atoms with Gasteiger partial charge in [-0.3, -0.25) is 0 Å². The summed E-state index contributed by atoms with van der Waals surface area (Å²) in [6.07, 6.45) is 4.50. The Labute approximate surface area is 60.9 Å². The van der Waals surface area contributed by atoms with Crippen molar-refractivity contribution in [2.75, 3.05) is 0 Å². The van der Waals surface area contributed by atoms with E-state index in [1.165, 1.54) is 0 Å². The van der Waals surface area contributed by atoms with Crippen molar-refractivity contribution in [2.45, 2.75) is 20.0 Å². The van der Waals surface area contributed by atoms with Crippen LogP contribution in [-0.4, -0.2) is 12.1 Å². The molecule has 0 spiro atoms. The van der Waals surface area contributed by atoms with E-state index in [1.807, 2.05) is 0 Å². The first-order valence-electron chi connectivity index (χ1n) is 2.90. The van der Waals surface area contributed by atoms with Crippen LogP contribution in [0.4, 0.5) is 0 Å². The predicted octanol–water partition coefficient (Wildman–Crippen LogP) is 1.13. The van der Waals surface area contributed by atoms with Crippen LogP contribution in [0.25, 0.3) is 0 Å². The fraction of sp³-hybridized carbons (Fsp3) is 0.375. The number of carbonyl (C=O) groups is 1. The molecule has 2 nitrogen and oxygen atoms in total. The van der Waals surface area contributed by atoms with Crippen LogP contribution >= 0.6 is 0 Å². The molecule has 0 heterocycles. The summed E-state index contributed by atoms with van der Waals surface area (Å²) in [5, 5.41) is 0. The number of hydrogen-bond donors (Lipinski definition) is 0. The number of rotatable bonds is 2. The molecule has 0 radical (unpaired) electrons. The topological polar surface area (TPSA) is 26.3 Å². The number of terminal acetylenes is 1. The third-order valence-corrected chi connectivity index (χ3v) is 0.867. The quantitative estimate of drug-likeness (QED) is 0.325. The molecule has 0 rings (SSSR count). The zero-order valence-corrected chi connectivity index (χ0v) is 6.18.